The van der Waals surface area contributed by atoms with Gasteiger partial charge in [-0.25, -0.2) is 0 Å². The van der Waals surface area contributed by atoms with E-state index in [0.29, 0.717) is 31.7 Å². The predicted octanol–water partition coefficient (Wildman–Crippen LogP) is 3.62. The van der Waals surface area contributed by atoms with Gasteiger partial charge < -0.3 is 25.0 Å². The first-order valence-electron chi connectivity index (χ1n) is 10.8. The first-order chi connectivity index (χ1) is 15.2. The van der Waals surface area contributed by atoms with Crippen LogP contribution in [0.3, 0.4) is 0 Å². The second kappa shape index (κ2) is 14.1. The molecule has 0 saturated carbocycles. The average Bonchev–Trinajstić information content (AvgIpc) is 2.75. The van der Waals surface area contributed by atoms with Gasteiger partial charge in [0.1, 0.15) is 11.5 Å². The standard InChI is InChI=1S/C23H29NO5.C2H6O/c1-4-28-20-8-6-5-7-18(20)15-16-24-22(27)23(2,3)29-19-12-9-17(10-13-19)11-14-21(25)26;1-2-3/h5-10,12-13H,4,11,14-16H2,1-3H3,(H,24,27)(H,25,26);3H,2H2,1H3. The van der Waals surface area contributed by atoms with Crippen molar-refractivity contribution in [2.45, 2.75) is 52.6 Å². The molecule has 1 amide bonds. The monoisotopic (exact) mass is 445 g/mol. The summed E-state index contributed by atoms with van der Waals surface area (Å²) in [5.41, 5.74) is 0.919. The van der Waals surface area contributed by atoms with E-state index in [4.69, 9.17) is 19.7 Å². The molecule has 176 valence electrons. The number of aliphatic hydroxyl groups excluding tert-OH is 1. The quantitative estimate of drug-likeness (QED) is 0.488. The number of aliphatic carboxylic acids is 1. The van der Waals surface area contributed by atoms with Crippen molar-refractivity contribution < 1.29 is 29.3 Å². The fraction of sp³-hybridized carbons (Fsp3) is 0.440. The van der Waals surface area contributed by atoms with E-state index in [-0.39, 0.29) is 18.9 Å². The molecule has 7 heteroatoms. The molecule has 0 saturated heterocycles. The zero-order chi connectivity index (χ0) is 24.0. The lowest BCUT2D eigenvalue weighted by Crippen LogP contribution is -2.47. The van der Waals surface area contributed by atoms with E-state index >= 15 is 0 Å². The third-order valence-corrected chi connectivity index (χ3v) is 4.42. The molecule has 0 bridgehead atoms. The Labute approximate surface area is 190 Å². The van der Waals surface area contributed by atoms with E-state index < -0.39 is 11.6 Å². The Hall–Kier alpha value is -3.06. The maximum absolute atomic E-state index is 12.6. The van der Waals surface area contributed by atoms with Crippen LogP contribution in [0.2, 0.25) is 0 Å². The number of nitrogens with one attached hydrogen (secondary N) is 1. The van der Waals surface area contributed by atoms with E-state index in [1.54, 1.807) is 32.9 Å². The number of aliphatic hydroxyl groups is 1. The van der Waals surface area contributed by atoms with E-state index in [1.807, 2.05) is 43.3 Å². The van der Waals surface area contributed by atoms with E-state index in [2.05, 4.69) is 5.32 Å². The van der Waals surface area contributed by atoms with Crippen LogP contribution in [0, 0.1) is 0 Å². The van der Waals surface area contributed by atoms with Crippen molar-refractivity contribution in [2.24, 2.45) is 0 Å². The number of aryl methyl sites for hydroxylation is 1. The van der Waals surface area contributed by atoms with Gasteiger partial charge in [0, 0.05) is 19.6 Å². The summed E-state index contributed by atoms with van der Waals surface area (Å²) in [6.07, 6.45) is 1.21. The molecule has 7 nitrogen and oxygen atoms in total. The summed E-state index contributed by atoms with van der Waals surface area (Å²) in [6.45, 7) is 8.38. The minimum absolute atomic E-state index is 0.0839. The molecule has 32 heavy (non-hydrogen) atoms. The van der Waals surface area contributed by atoms with Gasteiger partial charge in [0.2, 0.25) is 0 Å². The lowest BCUT2D eigenvalue weighted by molar-refractivity contribution is -0.137. The average molecular weight is 446 g/mol. The fourth-order valence-electron chi connectivity index (χ4n) is 2.85. The highest BCUT2D eigenvalue weighted by molar-refractivity contribution is 5.84. The van der Waals surface area contributed by atoms with Crippen molar-refractivity contribution >= 4 is 11.9 Å². The summed E-state index contributed by atoms with van der Waals surface area (Å²) in [5.74, 6) is 0.363. The highest BCUT2D eigenvalue weighted by Crippen LogP contribution is 2.21. The van der Waals surface area contributed by atoms with Crippen LogP contribution in [-0.2, 0) is 22.4 Å². The van der Waals surface area contributed by atoms with Gasteiger partial charge in [0.25, 0.3) is 5.91 Å². The van der Waals surface area contributed by atoms with Gasteiger partial charge in [-0.3, -0.25) is 9.59 Å². The van der Waals surface area contributed by atoms with Crippen LogP contribution in [0.15, 0.2) is 48.5 Å². The summed E-state index contributed by atoms with van der Waals surface area (Å²) < 4.78 is 11.5. The number of ether oxygens (including phenoxy) is 2. The van der Waals surface area contributed by atoms with Gasteiger partial charge in [-0.15, -0.1) is 0 Å². The molecule has 3 N–H and O–H groups in total. The van der Waals surface area contributed by atoms with Gasteiger partial charge in [-0.2, -0.15) is 0 Å². The van der Waals surface area contributed by atoms with Crippen molar-refractivity contribution in [2.75, 3.05) is 19.8 Å². The number of para-hydroxylation sites is 1. The second-order valence-electron chi connectivity index (χ2n) is 7.51. The Kier molecular flexibility index (Phi) is 11.9. The number of carbonyl (C=O) groups is 2. The second-order valence-corrected chi connectivity index (χ2v) is 7.51. The molecule has 2 aromatic carbocycles. The Bertz CT molecular complexity index is 833. The van der Waals surface area contributed by atoms with Crippen LogP contribution in [-0.4, -0.2) is 47.4 Å². The smallest absolute Gasteiger partial charge is 0.303 e. The highest BCUT2D eigenvalue weighted by Gasteiger charge is 2.29. The van der Waals surface area contributed by atoms with Crippen molar-refractivity contribution in [3.8, 4) is 11.5 Å². The fourth-order valence-corrected chi connectivity index (χ4v) is 2.85. The number of carboxylic acid groups (broad SMARTS) is 1. The van der Waals surface area contributed by atoms with Crippen molar-refractivity contribution in [1.29, 1.82) is 0 Å². The van der Waals surface area contributed by atoms with Crippen LogP contribution < -0.4 is 14.8 Å². The summed E-state index contributed by atoms with van der Waals surface area (Å²) in [4.78, 5) is 23.2. The van der Waals surface area contributed by atoms with E-state index in [0.717, 1.165) is 16.9 Å². The number of hydrogen-bond acceptors (Lipinski definition) is 5. The van der Waals surface area contributed by atoms with Crippen molar-refractivity contribution in [3.63, 3.8) is 0 Å². The molecule has 0 radical (unpaired) electrons. The number of carbonyl (C=O) groups excluding carboxylic acids is 1. The molecule has 0 aromatic heterocycles. The molecular formula is C25H35NO6. The molecular weight excluding hydrogens is 410 g/mol. The molecule has 0 fully saturated rings. The third-order valence-electron chi connectivity index (χ3n) is 4.42. The van der Waals surface area contributed by atoms with Gasteiger partial charge in [0.05, 0.1) is 6.61 Å². The number of amides is 1. The van der Waals surface area contributed by atoms with E-state index in [9.17, 15) is 9.59 Å². The molecule has 0 unspecified atom stereocenters. The van der Waals surface area contributed by atoms with Crippen LogP contribution in [0.5, 0.6) is 11.5 Å². The number of hydrogen-bond donors (Lipinski definition) is 3. The lowest BCUT2D eigenvalue weighted by atomic mass is 10.1. The molecule has 2 rings (SSSR count). The van der Waals surface area contributed by atoms with Gasteiger partial charge in [0.15, 0.2) is 5.60 Å². The zero-order valence-electron chi connectivity index (χ0n) is 19.4. The lowest BCUT2D eigenvalue weighted by Gasteiger charge is -2.25. The summed E-state index contributed by atoms with van der Waals surface area (Å²) >= 11 is 0. The largest absolute Gasteiger partial charge is 0.494 e. The Morgan fingerprint density at radius 3 is 2.22 bits per heavy atom. The number of rotatable bonds is 11. The van der Waals surface area contributed by atoms with Crippen molar-refractivity contribution in [3.05, 3.63) is 59.7 Å². The minimum atomic E-state index is -1.04. The maximum atomic E-state index is 12.6. The Morgan fingerprint density at radius 2 is 1.62 bits per heavy atom. The highest BCUT2D eigenvalue weighted by atomic mass is 16.5. The van der Waals surface area contributed by atoms with Crippen molar-refractivity contribution in [1.82, 2.24) is 5.32 Å². The first kappa shape index (κ1) is 27.0. The van der Waals surface area contributed by atoms with Crippen LogP contribution in [0.25, 0.3) is 0 Å². The first-order valence-corrected chi connectivity index (χ1v) is 10.8. The Balaban J connectivity index is 0.00000161. The SMILES string of the molecule is CCO.CCOc1ccccc1CCNC(=O)C(C)(C)Oc1ccc(CCC(=O)O)cc1. The number of carboxylic acids is 1. The van der Waals surface area contributed by atoms with Crippen LogP contribution in [0.1, 0.15) is 45.2 Å². The Morgan fingerprint density at radius 1 is 1.00 bits per heavy atom. The summed E-state index contributed by atoms with van der Waals surface area (Å²) in [5, 5.41) is 19.2. The maximum Gasteiger partial charge on any atom is 0.303 e. The molecule has 2 aromatic rings. The molecule has 0 atom stereocenters. The molecule has 0 heterocycles. The third kappa shape index (κ3) is 9.83. The van der Waals surface area contributed by atoms with Crippen LogP contribution in [0.4, 0.5) is 0 Å². The summed E-state index contributed by atoms with van der Waals surface area (Å²) in [7, 11) is 0. The van der Waals surface area contributed by atoms with Crippen LogP contribution >= 0.6 is 0 Å². The summed E-state index contributed by atoms with van der Waals surface area (Å²) in [6, 6.07) is 14.9. The normalized spacial score (nSPS) is 10.5. The van der Waals surface area contributed by atoms with Gasteiger partial charge >= 0.3 is 5.97 Å². The number of benzene rings is 2. The van der Waals surface area contributed by atoms with E-state index in [1.165, 1.54) is 0 Å². The molecule has 0 aliphatic heterocycles. The predicted molar refractivity (Wildman–Crippen MR) is 124 cm³/mol. The molecule has 0 aliphatic carbocycles. The topological polar surface area (TPSA) is 105 Å². The zero-order valence-corrected chi connectivity index (χ0v) is 19.4. The minimum Gasteiger partial charge on any atom is -0.494 e. The molecule has 0 spiro atoms. The molecule has 0 aliphatic rings. The van der Waals surface area contributed by atoms with Gasteiger partial charge in [-0.1, -0.05) is 30.3 Å². The van der Waals surface area contributed by atoms with Gasteiger partial charge in [-0.05, 0) is 69.9 Å².